The third-order valence-corrected chi connectivity index (χ3v) is 5.31. The summed E-state index contributed by atoms with van der Waals surface area (Å²) < 4.78 is 5.74. The molecule has 0 saturated carbocycles. The molecule has 1 aliphatic rings. The van der Waals surface area contributed by atoms with Gasteiger partial charge in [0, 0.05) is 19.6 Å². The monoisotopic (exact) mass is 369 g/mol. The number of carboxylic acid groups (broad SMARTS) is 1. The van der Waals surface area contributed by atoms with Crippen LogP contribution in [0.4, 0.5) is 0 Å². The Hall–Kier alpha value is -2.21. The maximum absolute atomic E-state index is 12.1. The Morgan fingerprint density at radius 3 is 2.33 bits per heavy atom. The van der Waals surface area contributed by atoms with E-state index >= 15 is 0 Å². The quantitative estimate of drug-likeness (QED) is 0.700. The maximum Gasteiger partial charge on any atom is 0.313 e. The lowest BCUT2D eigenvalue weighted by Crippen LogP contribution is -2.57. The number of aliphatic hydroxyl groups excluding tert-OH is 1. The summed E-state index contributed by atoms with van der Waals surface area (Å²) in [6.45, 7) is 2.74. The highest BCUT2D eigenvalue weighted by Crippen LogP contribution is 2.34. The molecular weight excluding hydrogens is 342 g/mol. The number of rotatable bonds is 8. The van der Waals surface area contributed by atoms with Crippen LogP contribution in [0, 0.1) is 5.41 Å². The summed E-state index contributed by atoms with van der Waals surface area (Å²) in [5, 5.41) is 20.5. The first kappa shape index (κ1) is 19.5. The molecule has 0 bridgehead atoms. The van der Waals surface area contributed by atoms with Crippen molar-refractivity contribution >= 4 is 5.97 Å². The van der Waals surface area contributed by atoms with Gasteiger partial charge in [-0.05, 0) is 24.0 Å². The SMILES string of the molecule is O=C(O)[C@@]1(Cc2ccccc2)CN(CCOCc2ccccc2)CCC1O. The zero-order chi connectivity index (χ0) is 19.1. The topological polar surface area (TPSA) is 70.0 Å². The molecule has 2 aromatic carbocycles. The van der Waals surface area contributed by atoms with Crippen molar-refractivity contribution in [2.75, 3.05) is 26.2 Å². The van der Waals surface area contributed by atoms with Gasteiger partial charge in [0.25, 0.3) is 0 Å². The smallest absolute Gasteiger partial charge is 0.313 e. The predicted molar refractivity (Wildman–Crippen MR) is 103 cm³/mol. The largest absolute Gasteiger partial charge is 0.481 e. The number of piperidine rings is 1. The van der Waals surface area contributed by atoms with Gasteiger partial charge in [-0.15, -0.1) is 0 Å². The number of hydrogen-bond donors (Lipinski definition) is 2. The van der Waals surface area contributed by atoms with E-state index in [0.717, 1.165) is 11.1 Å². The van der Waals surface area contributed by atoms with Crippen molar-refractivity contribution in [1.29, 1.82) is 0 Å². The molecule has 0 spiro atoms. The van der Waals surface area contributed by atoms with Crippen LogP contribution in [-0.2, 0) is 22.6 Å². The van der Waals surface area contributed by atoms with Crippen molar-refractivity contribution in [3.05, 3.63) is 71.8 Å². The first-order chi connectivity index (χ1) is 13.1. The van der Waals surface area contributed by atoms with Crippen molar-refractivity contribution in [3.8, 4) is 0 Å². The highest BCUT2D eigenvalue weighted by molar-refractivity contribution is 5.76. The van der Waals surface area contributed by atoms with Gasteiger partial charge >= 0.3 is 5.97 Å². The molecule has 27 heavy (non-hydrogen) atoms. The van der Waals surface area contributed by atoms with Crippen LogP contribution in [-0.4, -0.2) is 53.4 Å². The zero-order valence-corrected chi connectivity index (χ0v) is 15.5. The first-order valence-electron chi connectivity index (χ1n) is 9.39. The fourth-order valence-corrected chi connectivity index (χ4v) is 3.73. The lowest BCUT2D eigenvalue weighted by molar-refractivity contribution is -0.163. The van der Waals surface area contributed by atoms with E-state index in [1.165, 1.54) is 0 Å². The van der Waals surface area contributed by atoms with Gasteiger partial charge in [0.1, 0.15) is 5.41 Å². The Balaban J connectivity index is 1.58. The van der Waals surface area contributed by atoms with E-state index in [-0.39, 0.29) is 0 Å². The third-order valence-electron chi connectivity index (χ3n) is 5.31. The number of nitrogens with zero attached hydrogens (tertiary/aromatic N) is 1. The molecule has 2 atom stereocenters. The van der Waals surface area contributed by atoms with Crippen LogP contribution < -0.4 is 0 Å². The van der Waals surface area contributed by atoms with Crippen LogP contribution in [0.5, 0.6) is 0 Å². The van der Waals surface area contributed by atoms with E-state index in [4.69, 9.17) is 4.74 Å². The normalized spacial score (nSPS) is 23.2. The van der Waals surface area contributed by atoms with E-state index in [2.05, 4.69) is 4.90 Å². The van der Waals surface area contributed by atoms with Crippen molar-refractivity contribution in [3.63, 3.8) is 0 Å². The van der Waals surface area contributed by atoms with Crippen molar-refractivity contribution in [2.24, 2.45) is 5.41 Å². The van der Waals surface area contributed by atoms with Crippen LogP contribution >= 0.6 is 0 Å². The van der Waals surface area contributed by atoms with Gasteiger partial charge in [0.2, 0.25) is 0 Å². The average Bonchev–Trinajstić information content (AvgIpc) is 2.69. The minimum Gasteiger partial charge on any atom is -0.481 e. The molecule has 144 valence electrons. The summed E-state index contributed by atoms with van der Waals surface area (Å²) in [4.78, 5) is 14.2. The lowest BCUT2D eigenvalue weighted by atomic mass is 9.73. The molecule has 0 aromatic heterocycles. The number of aliphatic hydroxyl groups is 1. The van der Waals surface area contributed by atoms with Crippen LogP contribution in [0.25, 0.3) is 0 Å². The first-order valence-corrected chi connectivity index (χ1v) is 9.39. The van der Waals surface area contributed by atoms with Crippen LogP contribution in [0.1, 0.15) is 17.5 Å². The predicted octanol–water partition coefficient (Wildman–Crippen LogP) is 2.58. The zero-order valence-electron chi connectivity index (χ0n) is 15.5. The van der Waals surface area contributed by atoms with Gasteiger partial charge < -0.3 is 14.9 Å². The molecular formula is C22H27NO4. The molecule has 2 N–H and O–H groups in total. The summed E-state index contributed by atoms with van der Waals surface area (Å²) in [7, 11) is 0. The standard InChI is InChI=1S/C22H27NO4/c24-20-11-12-23(13-14-27-16-19-9-5-2-6-10-19)17-22(20,21(25)26)15-18-7-3-1-4-8-18/h1-10,20,24H,11-17H2,(H,25,26)/t20?,22-/m0/s1. The second kappa shape index (κ2) is 9.13. The molecule has 1 heterocycles. The van der Waals surface area contributed by atoms with E-state index < -0.39 is 17.5 Å². The molecule has 5 nitrogen and oxygen atoms in total. The Labute approximate surface area is 160 Å². The van der Waals surface area contributed by atoms with Gasteiger partial charge in [-0.3, -0.25) is 9.69 Å². The summed E-state index contributed by atoms with van der Waals surface area (Å²) in [6.07, 6.45) is -0.0690. The number of aliphatic carboxylic acids is 1. The second-order valence-electron chi connectivity index (χ2n) is 7.24. The highest BCUT2D eigenvalue weighted by Gasteiger charge is 2.49. The van der Waals surface area contributed by atoms with E-state index in [9.17, 15) is 15.0 Å². The molecule has 2 aromatic rings. The van der Waals surface area contributed by atoms with Crippen molar-refractivity contribution in [2.45, 2.75) is 25.6 Å². The third kappa shape index (κ3) is 4.95. The Morgan fingerprint density at radius 1 is 1.07 bits per heavy atom. The van der Waals surface area contributed by atoms with Gasteiger partial charge in [0.15, 0.2) is 0 Å². The number of benzene rings is 2. The minimum absolute atomic E-state index is 0.325. The molecule has 5 heteroatoms. The molecule has 0 aliphatic carbocycles. The van der Waals surface area contributed by atoms with E-state index in [1.54, 1.807) is 0 Å². The summed E-state index contributed by atoms with van der Waals surface area (Å²) >= 11 is 0. The number of likely N-dealkylation sites (tertiary alicyclic amines) is 1. The molecule has 1 unspecified atom stereocenters. The van der Waals surface area contributed by atoms with Gasteiger partial charge in [-0.2, -0.15) is 0 Å². The number of carboxylic acids is 1. The van der Waals surface area contributed by atoms with E-state index in [0.29, 0.717) is 45.7 Å². The minimum atomic E-state index is -1.18. The molecule has 0 radical (unpaired) electrons. The Kier molecular flexibility index (Phi) is 6.61. The maximum atomic E-state index is 12.1. The van der Waals surface area contributed by atoms with Crippen molar-refractivity contribution < 1.29 is 19.7 Å². The number of ether oxygens (including phenoxy) is 1. The summed E-state index contributed by atoms with van der Waals surface area (Å²) in [5.41, 5.74) is 0.871. The average molecular weight is 369 g/mol. The molecule has 3 rings (SSSR count). The van der Waals surface area contributed by atoms with Crippen molar-refractivity contribution in [1.82, 2.24) is 4.90 Å². The fourth-order valence-electron chi connectivity index (χ4n) is 3.73. The Morgan fingerprint density at radius 2 is 1.70 bits per heavy atom. The number of hydrogen-bond acceptors (Lipinski definition) is 4. The van der Waals surface area contributed by atoms with Gasteiger partial charge in [-0.1, -0.05) is 60.7 Å². The Bertz CT molecular complexity index is 722. The van der Waals surface area contributed by atoms with Gasteiger partial charge in [0.05, 0.1) is 19.3 Å². The summed E-state index contributed by atoms with van der Waals surface area (Å²) in [6, 6.07) is 19.5. The molecule has 1 fully saturated rings. The van der Waals surface area contributed by atoms with E-state index in [1.807, 2.05) is 60.7 Å². The fraction of sp³-hybridized carbons (Fsp3) is 0.409. The number of carbonyl (C=O) groups is 1. The molecule has 1 saturated heterocycles. The molecule has 1 aliphatic heterocycles. The summed E-state index contributed by atoms with van der Waals surface area (Å²) in [5.74, 6) is -0.936. The van der Waals surface area contributed by atoms with Crippen LogP contribution in [0.3, 0.4) is 0 Å². The lowest BCUT2D eigenvalue weighted by Gasteiger charge is -2.43. The van der Waals surface area contributed by atoms with Crippen LogP contribution in [0.2, 0.25) is 0 Å². The highest BCUT2D eigenvalue weighted by atomic mass is 16.5. The van der Waals surface area contributed by atoms with Crippen LogP contribution in [0.15, 0.2) is 60.7 Å². The molecule has 0 amide bonds. The second-order valence-corrected chi connectivity index (χ2v) is 7.24. The van der Waals surface area contributed by atoms with Gasteiger partial charge in [-0.25, -0.2) is 0 Å².